The fourth-order valence-corrected chi connectivity index (χ4v) is 1.93. The van der Waals surface area contributed by atoms with Gasteiger partial charge in [-0.25, -0.2) is 0 Å². The Balaban J connectivity index is 2.93. The van der Waals surface area contributed by atoms with Gasteiger partial charge >= 0.3 is 0 Å². The maximum atomic E-state index is 11.6. The number of unbranched alkanes of at least 4 members (excludes halogenated alkanes) is 1. The van der Waals surface area contributed by atoms with Crippen LogP contribution in [0.25, 0.3) is 0 Å². The topological polar surface area (TPSA) is 26.3 Å². The molecular weight excluding hydrogens is 224 g/mol. The molecule has 100 valence electrons. The summed E-state index contributed by atoms with van der Waals surface area (Å²) in [6.45, 7) is 9.89. The van der Waals surface area contributed by atoms with Crippen molar-refractivity contribution in [2.75, 3.05) is 0 Å². The molecule has 0 saturated heterocycles. The van der Waals surface area contributed by atoms with E-state index in [2.05, 4.69) is 13.8 Å². The van der Waals surface area contributed by atoms with Gasteiger partial charge in [0.25, 0.3) is 0 Å². The summed E-state index contributed by atoms with van der Waals surface area (Å²) in [4.78, 5) is 11.6. The van der Waals surface area contributed by atoms with Crippen LogP contribution in [0.2, 0.25) is 0 Å². The van der Waals surface area contributed by atoms with Crippen molar-refractivity contribution in [2.24, 2.45) is 0 Å². The third kappa shape index (κ3) is 3.86. The number of benzene rings is 1. The molecule has 1 atom stereocenters. The number of carbonyl (C=O) groups excluding carboxylic acids is 1. The minimum atomic E-state index is 0.0655. The lowest BCUT2D eigenvalue weighted by Crippen LogP contribution is -2.14. The van der Waals surface area contributed by atoms with Gasteiger partial charge in [-0.3, -0.25) is 4.79 Å². The third-order valence-corrected chi connectivity index (χ3v) is 3.27. The van der Waals surface area contributed by atoms with Gasteiger partial charge in [0.15, 0.2) is 5.78 Å². The normalized spacial score (nSPS) is 12.3. The molecule has 0 heterocycles. The summed E-state index contributed by atoms with van der Waals surface area (Å²) >= 11 is 0. The van der Waals surface area contributed by atoms with Crippen LogP contribution in [-0.4, -0.2) is 11.9 Å². The van der Waals surface area contributed by atoms with Gasteiger partial charge < -0.3 is 4.74 Å². The molecule has 1 unspecified atom stereocenters. The zero-order chi connectivity index (χ0) is 13.7. The summed E-state index contributed by atoms with van der Waals surface area (Å²) in [6.07, 6.45) is 3.51. The molecule has 0 fully saturated rings. The number of hydrogen-bond acceptors (Lipinski definition) is 2. The van der Waals surface area contributed by atoms with E-state index >= 15 is 0 Å². The summed E-state index contributed by atoms with van der Waals surface area (Å²) in [7, 11) is 0. The number of rotatable bonds is 6. The predicted molar refractivity (Wildman–Crippen MR) is 75.5 cm³/mol. The number of ether oxygens (including phenoxy) is 1. The van der Waals surface area contributed by atoms with Crippen LogP contribution in [-0.2, 0) is 0 Å². The molecule has 18 heavy (non-hydrogen) atoms. The molecule has 0 aliphatic carbocycles. The smallest absolute Gasteiger partial charge is 0.163 e. The first-order valence-electron chi connectivity index (χ1n) is 6.74. The molecule has 1 rings (SSSR count). The second kappa shape index (κ2) is 6.58. The molecule has 0 spiro atoms. The average Bonchev–Trinajstić information content (AvgIpc) is 2.30. The first kappa shape index (κ1) is 14.7. The maximum Gasteiger partial charge on any atom is 0.163 e. The van der Waals surface area contributed by atoms with Gasteiger partial charge in [-0.1, -0.05) is 19.8 Å². The highest BCUT2D eigenvalue weighted by atomic mass is 16.5. The van der Waals surface area contributed by atoms with Crippen LogP contribution < -0.4 is 4.74 Å². The molecule has 0 aliphatic rings. The highest BCUT2D eigenvalue weighted by Crippen LogP contribution is 2.25. The first-order chi connectivity index (χ1) is 8.45. The maximum absolute atomic E-state index is 11.6. The van der Waals surface area contributed by atoms with Gasteiger partial charge in [-0.05, 0) is 57.4 Å². The minimum Gasteiger partial charge on any atom is -0.490 e. The van der Waals surface area contributed by atoms with E-state index < -0.39 is 0 Å². The van der Waals surface area contributed by atoms with Crippen molar-refractivity contribution in [3.63, 3.8) is 0 Å². The standard InChI is InChI=1S/C16H24O2/c1-6-7-8-13(4)18-16-10-12(3)11(2)9-15(16)14(5)17/h9-10,13H,6-8H2,1-5H3. The van der Waals surface area contributed by atoms with Gasteiger partial charge in [0, 0.05) is 0 Å². The molecule has 0 saturated carbocycles. The van der Waals surface area contributed by atoms with Gasteiger partial charge in [0.2, 0.25) is 0 Å². The van der Waals surface area contributed by atoms with E-state index in [1.807, 2.05) is 26.0 Å². The lowest BCUT2D eigenvalue weighted by atomic mass is 10.0. The molecule has 0 aliphatic heterocycles. The summed E-state index contributed by atoms with van der Waals surface area (Å²) < 4.78 is 5.92. The zero-order valence-corrected chi connectivity index (χ0v) is 12.2. The summed E-state index contributed by atoms with van der Waals surface area (Å²) in [5.74, 6) is 0.796. The van der Waals surface area contributed by atoms with Gasteiger partial charge in [0.05, 0.1) is 11.7 Å². The summed E-state index contributed by atoms with van der Waals surface area (Å²) in [5.41, 5.74) is 2.99. The number of Topliss-reactive ketones (excluding diaryl/α,β-unsaturated/α-hetero) is 1. The summed E-state index contributed by atoms with van der Waals surface area (Å²) in [6, 6.07) is 3.91. The van der Waals surface area contributed by atoms with Crippen LogP contribution in [0.15, 0.2) is 12.1 Å². The van der Waals surface area contributed by atoms with Crippen LogP contribution in [0, 0.1) is 13.8 Å². The van der Waals surface area contributed by atoms with Crippen molar-refractivity contribution in [1.82, 2.24) is 0 Å². The lowest BCUT2D eigenvalue weighted by Gasteiger charge is -2.18. The third-order valence-electron chi connectivity index (χ3n) is 3.27. The molecule has 0 amide bonds. The van der Waals surface area contributed by atoms with E-state index in [0.29, 0.717) is 5.56 Å². The Morgan fingerprint density at radius 2 is 1.89 bits per heavy atom. The fourth-order valence-electron chi connectivity index (χ4n) is 1.93. The van der Waals surface area contributed by atoms with Crippen molar-refractivity contribution in [3.05, 3.63) is 28.8 Å². The van der Waals surface area contributed by atoms with E-state index in [-0.39, 0.29) is 11.9 Å². The second-order valence-electron chi connectivity index (χ2n) is 5.06. The van der Waals surface area contributed by atoms with E-state index in [4.69, 9.17) is 4.74 Å². The summed E-state index contributed by atoms with van der Waals surface area (Å²) in [5, 5.41) is 0. The van der Waals surface area contributed by atoms with Crippen molar-refractivity contribution >= 4 is 5.78 Å². The van der Waals surface area contributed by atoms with Crippen molar-refractivity contribution in [3.8, 4) is 5.75 Å². The number of hydrogen-bond donors (Lipinski definition) is 0. The quantitative estimate of drug-likeness (QED) is 0.695. The lowest BCUT2D eigenvalue weighted by molar-refractivity contribution is 0.101. The fraction of sp³-hybridized carbons (Fsp3) is 0.562. The Kier molecular flexibility index (Phi) is 5.39. The number of carbonyl (C=O) groups is 1. The van der Waals surface area contributed by atoms with E-state index in [1.54, 1.807) is 6.92 Å². The van der Waals surface area contributed by atoms with Crippen LogP contribution >= 0.6 is 0 Å². The number of aryl methyl sites for hydroxylation is 2. The molecule has 0 radical (unpaired) electrons. The first-order valence-corrected chi connectivity index (χ1v) is 6.74. The monoisotopic (exact) mass is 248 g/mol. The Hall–Kier alpha value is -1.31. The van der Waals surface area contributed by atoms with Gasteiger partial charge in [-0.15, -0.1) is 0 Å². The van der Waals surface area contributed by atoms with Crippen LogP contribution in [0.3, 0.4) is 0 Å². The Bertz CT molecular complexity index is 421. The molecule has 2 heteroatoms. The SMILES string of the molecule is CCCCC(C)Oc1cc(C)c(C)cc1C(C)=O. The molecule has 1 aromatic carbocycles. The average molecular weight is 248 g/mol. The van der Waals surface area contributed by atoms with Crippen LogP contribution in [0.1, 0.15) is 61.5 Å². The number of ketones is 1. The largest absolute Gasteiger partial charge is 0.490 e. The Morgan fingerprint density at radius 3 is 2.44 bits per heavy atom. The Labute approximate surface area is 110 Å². The molecule has 0 bridgehead atoms. The second-order valence-corrected chi connectivity index (χ2v) is 5.06. The van der Waals surface area contributed by atoms with E-state index in [1.165, 1.54) is 6.42 Å². The Morgan fingerprint density at radius 1 is 1.28 bits per heavy atom. The zero-order valence-electron chi connectivity index (χ0n) is 12.2. The van der Waals surface area contributed by atoms with Crippen LogP contribution in [0.4, 0.5) is 0 Å². The molecular formula is C16H24O2. The van der Waals surface area contributed by atoms with E-state index in [0.717, 1.165) is 29.7 Å². The molecule has 2 nitrogen and oxygen atoms in total. The van der Waals surface area contributed by atoms with Crippen molar-refractivity contribution < 1.29 is 9.53 Å². The van der Waals surface area contributed by atoms with Crippen molar-refractivity contribution in [2.45, 2.75) is 60.0 Å². The van der Waals surface area contributed by atoms with Crippen molar-refractivity contribution in [1.29, 1.82) is 0 Å². The molecule has 0 N–H and O–H groups in total. The van der Waals surface area contributed by atoms with Crippen LogP contribution in [0.5, 0.6) is 5.75 Å². The van der Waals surface area contributed by atoms with Gasteiger partial charge in [0.1, 0.15) is 5.75 Å². The van der Waals surface area contributed by atoms with Gasteiger partial charge in [-0.2, -0.15) is 0 Å². The molecule has 1 aromatic rings. The minimum absolute atomic E-state index is 0.0655. The highest BCUT2D eigenvalue weighted by molar-refractivity contribution is 5.97. The van der Waals surface area contributed by atoms with E-state index in [9.17, 15) is 4.79 Å². The highest BCUT2D eigenvalue weighted by Gasteiger charge is 2.13. The predicted octanol–water partition coefficient (Wildman–Crippen LogP) is 4.46. The molecule has 0 aromatic heterocycles.